The normalized spacial score (nSPS) is 15.4. The van der Waals surface area contributed by atoms with Gasteiger partial charge in [-0.1, -0.05) is 18.5 Å². The maximum absolute atomic E-state index is 12.4. The highest BCUT2D eigenvalue weighted by Gasteiger charge is 2.24. The number of benzene rings is 1. The van der Waals surface area contributed by atoms with Crippen molar-refractivity contribution in [3.63, 3.8) is 0 Å². The van der Waals surface area contributed by atoms with Crippen LogP contribution >= 0.6 is 11.6 Å². The van der Waals surface area contributed by atoms with Crippen LogP contribution in [0.3, 0.4) is 0 Å². The van der Waals surface area contributed by atoms with Gasteiger partial charge in [0, 0.05) is 25.2 Å². The molecule has 0 aliphatic carbocycles. The molecular weight excluding hydrogens is 396 g/mol. The Hall–Kier alpha value is -1.55. The van der Waals surface area contributed by atoms with Crippen molar-refractivity contribution in [1.29, 1.82) is 0 Å². The van der Waals surface area contributed by atoms with E-state index in [1.165, 1.54) is 23.5 Å². The lowest BCUT2D eigenvalue weighted by molar-refractivity contribution is 0.0730. The van der Waals surface area contributed by atoms with Crippen LogP contribution < -0.4 is 14.8 Å². The molecule has 27 heavy (non-hydrogen) atoms. The van der Waals surface area contributed by atoms with Gasteiger partial charge >= 0.3 is 0 Å². The van der Waals surface area contributed by atoms with Crippen LogP contribution in [0.4, 0.5) is 0 Å². The molecule has 0 radical (unpaired) electrons. The molecule has 10 heteroatoms. The lowest BCUT2D eigenvalue weighted by atomic mass is 10.2. The number of ether oxygens (including phenoxy) is 3. The smallest absolute Gasteiger partial charge is 0.251 e. The molecular formula is C17H25ClN2O6S. The molecule has 152 valence electrons. The van der Waals surface area contributed by atoms with Crippen LogP contribution in [0.15, 0.2) is 12.1 Å². The molecule has 1 aliphatic heterocycles. The molecule has 1 fully saturated rings. The fraction of sp³-hybridized carbons (Fsp3) is 0.588. The van der Waals surface area contributed by atoms with Crippen molar-refractivity contribution in [3.05, 3.63) is 22.7 Å². The summed E-state index contributed by atoms with van der Waals surface area (Å²) in [5.74, 6) is 0.116. The van der Waals surface area contributed by atoms with Gasteiger partial charge in [0.15, 0.2) is 11.5 Å². The number of morpholine rings is 1. The molecule has 8 nitrogen and oxygen atoms in total. The lowest BCUT2D eigenvalue weighted by Gasteiger charge is -2.26. The number of nitrogens with one attached hydrogen (secondary N) is 1. The summed E-state index contributed by atoms with van der Waals surface area (Å²) < 4.78 is 41.9. The van der Waals surface area contributed by atoms with Gasteiger partial charge < -0.3 is 19.5 Å². The number of hydrogen-bond acceptors (Lipinski definition) is 6. The van der Waals surface area contributed by atoms with Gasteiger partial charge in [0.2, 0.25) is 10.0 Å². The highest BCUT2D eigenvalue weighted by molar-refractivity contribution is 7.89. The Bertz CT molecular complexity index is 750. The number of rotatable bonds is 9. The predicted octanol–water partition coefficient (Wildman–Crippen LogP) is 1.53. The molecule has 1 aromatic rings. The van der Waals surface area contributed by atoms with Crippen LogP contribution in [0, 0.1) is 0 Å². The number of sulfonamides is 1. The molecule has 0 aromatic heterocycles. The first-order valence-electron chi connectivity index (χ1n) is 8.73. The fourth-order valence-corrected chi connectivity index (χ4v) is 4.13. The number of halogens is 1. The van der Waals surface area contributed by atoms with E-state index in [1.807, 2.05) is 6.92 Å². The predicted molar refractivity (Wildman–Crippen MR) is 102 cm³/mol. The van der Waals surface area contributed by atoms with E-state index in [4.69, 9.17) is 25.8 Å². The average molecular weight is 421 g/mol. The summed E-state index contributed by atoms with van der Waals surface area (Å²) in [6.45, 7) is 3.87. The minimum absolute atomic E-state index is 0.00740. The molecule has 1 amide bonds. The number of methoxy groups -OCH3 is 1. The molecule has 0 atom stereocenters. The van der Waals surface area contributed by atoms with Gasteiger partial charge in [0.25, 0.3) is 5.91 Å². The number of carbonyl (C=O) groups is 1. The molecule has 0 spiro atoms. The summed E-state index contributed by atoms with van der Waals surface area (Å²) in [6, 6.07) is 2.99. The molecule has 0 bridgehead atoms. The topological polar surface area (TPSA) is 94.2 Å². The van der Waals surface area contributed by atoms with Gasteiger partial charge in [-0.2, -0.15) is 4.31 Å². The molecule has 0 unspecified atom stereocenters. The minimum atomic E-state index is -3.43. The second-order valence-corrected chi connectivity index (χ2v) is 8.42. The third-order valence-corrected chi connectivity index (χ3v) is 6.10. The molecule has 2 rings (SSSR count). The van der Waals surface area contributed by atoms with Crippen molar-refractivity contribution < 1.29 is 27.4 Å². The van der Waals surface area contributed by atoms with Gasteiger partial charge in [-0.05, 0) is 18.6 Å². The van der Waals surface area contributed by atoms with Crippen LogP contribution in [0.1, 0.15) is 23.7 Å². The number of carbonyl (C=O) groups excluding carboxylic acids is 1. The summed E-state index contributed by atoms with van der Waals surface area (Å²) in [7, 11) is -1.97. The Morgan fingerprint density at radius 3 is 2.67 bits per heavy atom. The quantitative estimate of drug-likeness (QED) is 0.651. The second kappa shape index (κ2) is 10.1. The molecule has 1 N–H and O–H groups in total. The number of amides is 1. The highest BCUT2D eigenvalue weighted by atomic mass is 35.5. The van der Waals surface area contributed by atoms with Crippen LogP contribution in [-0.4, -0.2) is 70.9 Å². The zero-order valence-corrected chi connectivity index (χ0v) is 17.1. The first-order valence-corrected chi connectivity index (χ1v) is 10.7. The van der Waals surface area contributed by atoms with E-state index in [-0.39, 0.29) is 22.9 Å². The van der Waals surface area contributed by atoms with E-state index in [2.05, 4.69) is 5.32 Å². The molecule has 0 saturated carbocycles. The monoisotopic (exact) mass is 420 g/mol. The van der Waals surface area contributed by atoms with Gasteiger partial charge in [0.1, 0.15) is 0 Å². The summed E-state index contributed by atoms with van der Waals surface area (Å²) in [5.41, 5.74) is 0.268. The van der Waals surface area contributed by atoms with Crippen LogP contribution in [0.2, 0.25) is 5.02 Å². The summed E-state index contributed by atoms with van der Waals surface area (Å²) in [4.78, 5) is 12.4. The van der Waals surface area contributed by atoms with Crippen LogP contribution in [0.25, 0.3) is 0 Å². The van der Waals surface area contributed by atoms with Crippen LogP contribution in [-0.2, 0) is 14.8 Å². The van der Waals surface area contributed by atoms with Crippen molar-refractivity contribution in [2.24, 2.45) is 0 Å². The van der Waals surface area contributed by atoms with Gasteiger partial charge in [-0.25, -0.2) is 8.42 Å². The third-order valence-electron chi connectivity index (χ3n) is 3.95. The van der Waals surface area contributed by atoms with Crippen LogP contribution in [0.5, 0.6) is 11.5 Å². The van der Waals surface area contributed by atoms with E-state index in [0.717, 1.165) is 6.42 Å². The molecule has 1 heterocycles. The maximum atomic E-state index is 12.4. The van der Waals surface area contributed by atoms with Gasteiger partial charge in [-0.15, -0.1) is 0 Å². The lowest BCUT2D eigenvalue weighted by Crippen LogP contribution is -2.43. The molecule has 1 saturated heterocycles. The zero-order valence-electron chi connectivity index (χ0n) is 15.5. The number of nitrogens with zero attached hydrogens (tertiary/aromatic N) is 1. The zero-order chi connectivity index (χ0) is 19.9. The Morgan fingerprint density at radius 2 is 2.04 bits per heavy atom. The first-order chi connectivity index (χ1) is 12.9. The maximum Gasteiger partial charge on any atom is 0.251 e. The van der Waals surface area contributed by atoms with E-state index >= 15 is 0 Å². The SMILES string of the molecule is CCCOc1c(Cl)cc(C(=O)NCCS(=O)(=O)N2CCOCC2)cc1OC. The van der Waals surface area contributed by atoms with Crippen molar-refractivity contribution in [2.75, 3.05) is 52.3 Å². The second-order valence-electron chi connectivity index (χ2n) is 5.92. The van der Waals surface area contributed by atoms with Crippen molar-refractivity contribution in [1.82, 2.24) is 9.62 Å². The van der Waals surface area contributed by atoms with Gasteiger partial charge in [-0.3, -0.25) is 4.79 Å². The third kappa shape index (κ3) is 5.97. The Kier molecular flexibility index (Phi) is 8.15. The van der Waals surface area contributed by atoms with Crippen molar-refractivity contribution in [3.8, 4) is 11.5 Å². The molecule has 1 aromatic carbocycles. The standard InChI is InChI=1S/C17H25ClN2O6S/c1-3-7-26-16-14(18)11-13(12-15(16)24-2)17(21)19-4-10-27(22,23)20-5-8-25-9-6-20/h11-12H,3-10H2,1-2H3,(H,19,21). The van der Waals surface area contributed by atoms with Crippen molar-refractivity contribution >= 4 is 27.5 Å². The first kappa shape index (κ1) is 21.7. The summed E-state index contributed by atoms with van der Waals surface area (Å²) in [6.07, 6.45) is 0.805. The largest absolute Gasteiger partial charge is 0.493 e. The Balaban J connectivity index is 1.98. The summed E-state index contributed by atoms with van der Waals surface area (Å²) in [5, 5.41) is 2.86. The number of hydrogen-bond donors (Lipinski definition) is 1. The van der Waals surface area contributed by atoms with E-state index in [9.17, 15) is 13.2 Å². The van der Waals surface area contributed by atoms with Crippen molar-refractivity contribution in [2.45, 2.75) is 13.3 Å². The average Bonchev–Trinajstić information content (AvgIpc) is 2.67. The Labute approximate surface area is 164 Å². The van der Waals surface area contributed by atoms with E-state index in [1.54, 1.807) is 0 Å². The van der Waals surface area contributed by atoms with Gasteiger partial charge in [0.05, 0.1) is 37.7 Å². The molecule has 1 aliphatic rings. The Morgan fingerprint density at radius 1 is 1.33 bits per heavy atom. The van der Waals surface area contributed by atoms with E-state index in [0.29, 0.717) is 44.4 Å². The highest BCUT2D eigenvalue weighted by Crippen LogP contribution is 2.36. The fourth-order valence-electron chi connectivity index (χ4n) is 2.54. The van der Waals surface area contributed by atoms with E-state index < -0.39 is 15.9 Å². The summed E-state index contributed by atoms with van der Waals surface area (Å²) >= 11 is 6.20. The minimum Gasteiger partial charge on any atom is -0.493 e.